The summed E-state index contributed by atoms with van der Waals surface area (Å²) in [5.41, 5.74) is 0. The van der Waals surface area contributed by atoms with Gasteiger partial charge in [0.1, 0.15) is 5.82 Å². The second-order valence-electron chi connectivity index (χ2n) is 7.44. The first-order valence-corrected chi connectivity index (χ1v) is 9.28. The Morgan fingerprint density at radius 2 is 1.84 bits per heavy atom. The third kappa shape index (κ3) is 4.60. The van der Waals surface area contributed by atoms with Gasteiger partial charge in [-0.3, -0.25) is 9.69 Å². The summed E-state index contributed by atoms with van der Waals surface area (Å²) < 4.78 is 0. The van der Waals surface area contributed by atoms with E-state index in [0.29, 0.717) is 6.54 Å². The number of likely N-dealkylation sites (tertiary alicyclic amines) is 1. The quantitative estimate of drug-likeness (QED) is 0.808. The van der Waals surface area contributed by atoms with Gasteiger partial charge in [-0.05, 0) is 24.8 Å². The van der Waals surface area contributed by atoms with Crippen LogP contribution in [0.1, 0.15) is 19.8 Å². The lowest BCUT2D eigenvalue weighted by molar-refractivity contribution is -0.133. The van der Waals surface area contributed by atoms with Crippen molar-refractivity contribution in [3.63, 3.8) is 0 Å². The van der Waals surface area contributed by atoms with Gasteiger partial charge in [-0.25, -0.2) is 4.98 Å². The maximum absolute atomic E-state index is 12.5. The van der Waals surface area contributed by atoms with Crippen molar-refractivity contribution in [3.05, 3.63) is 12.3 Å². The summed E-state index contributed by atoms with van der Waals surface area (Å²) in [6.07, 6.45) is 4.09. The first-order valence-electron chi connectivity index (χ1n) is 9.28. The normalized spacial score (nSPS) is 20.0. The van der Waals surface area contributed by atoms with Gasteiger partial charge in [0.05, 0.1) is 6.54 Å². The summed E-state index contributed by atoms with van der Waals surface area (Å²) >= 11 is 0. The number of carbonyl (C=O) groups excluding carboxylic acids is 1. The van der Waals surface area contributed by atoms with Crippen molar-refractivity contribution in [2.45, 2.75) is 19.8 Å². The molecule has 2 saturated heterocycles. The molecule has 1 aromatic rings. The van der Waals surface area contributed by atoms with Crippen molar-refractivity contribution >= 4 is 17.7 Å². The number of piperidine rings is 1. The van der Waals surface area contributed by atoms with Crippen molar-refractivity contribution in [2.24, 2.45) is 5.92 Å². The first-order chi connectivity index (χ1) is 12.0. The van der Waals surface area contributed by atoms with E-state index in [1.54, 1.807) is 0 Å². The minimum atomic E-state index is 0.289. The molecular formula is C18H30N6O. The average molecular weight is 346 g/mol. The fourth-order valence-corrected chi connectivity index (χ4v) is 3.42. The lowest BCUT2D eigenvalue weighted by atomic mass is 9.99. The van der Waals surface area contributed by atoms with Gasteiger partial charge in [0.15, 0.2) is 0 Å². The molecule has 2 fully saturated rings. The lowest BCUT2D eigenvalue weighted by Crippen LogP contribution is -2.51. The average Bonchev–Trinajstić information content (AvgIpc) is 2.63. The number of rotatable bonds is 4. The lowest BCUT2D eigenvalue weighted by Gasteiger charge is -2.37. The second kappa shape index (κ2) is 7.99. The molecule has 0 spiro atoms. The molecule has 2 aliphatic heterocycles. The molecule has 0 N–H and O–H groups in total. The molecule has 0 bridgehead atoms. The summed E-state index contributed by atoms with van der Waals surface area (Å²) in [6, 6.07) is 1.96. The van der Waals surface area contributed by atoms with Gasteiger partial charge in [0.2, 0.25) is 11.9 Å². The van der Waals surface area contributed by atoms with E-state index in [9.17, 15) is 4.79 Å². The number of aromatic nitrogens is 2. The monoisotopic (exact) mass is 346 g/mol. The number of nitrogens with zero attached hydrogens (tertiary/aromatic N) is 6. The van der Waals surface area contributed by atoms with E-state index in [2.05, 4.69) is 26.7 Å². The highest BCUT2D eigenvalue weighted by Gasteiger charge is 2.24. The van der Waals surface area contributed by atoms with Gasteiger partial charge < -0.3 is 14.7 Å². The van der Waals surface area contributed by atoms with E-state index in [1.165, 1.54) is 0 Å². The molecule has 0 aromatic carbocycles. The predicted molar refractivity (Wildman–Crippen MR) is 100.0 cm³/mol. The topological polar surface area (TPSA) is 55.8 Å². The third-order valence-corrected chi connectivity index (χ3v) is 5.22. The van der Waals surface area contributed by atoms with Gasteiger partial charge in [0.25, 0.3) is 0 Å². The Bertz CT molecular complexity index is 577. The minimum absolute atomic E-state index is 0.289. The van der Waals surface area contributed by atoms with Crippen molar-refractivity contribution in [3.8, 4) is 0 Å². The fraction of sp³-hybridized carbons (Fsp3) is 0.722. The van der Waals surface area contributed by atoms with Crippen molar-refractivity contribution in [1.29, 1.82) is 0 Å². The summed E-state index contributed by atoms with van der Waals surface area (Å²) in [5.74, 6) is 2.74. The smallest absolute Gasteiger partial charge is 0.236 e. The van der Waals surface area contributed by atoms with Gasteiger partial charge in [0, 0.05) is 59.6 Å². The van der Waals surface area contributed by atoms with E-state index < -0.39 is 0 Å². The van der Waals surface area contributed by atoms with Crippen LogP contribution in [0.15, 0.2) is 12.3 Å². The maximum Gasteiger partial charge on any atom is 0.236 e. The van der Waals surface area contributed by atoms with E-state index in [-0.39, 0.29) is 5.91 Å². The Morgan fingerprint density at radius 3 is 2.48 bits per heavy atom. The Balaban J connectivity index is 1.48. The largest absolute Gasteiger partial charge is 0.354 e. The minimum Gasteiger partial charge on any atom is -0.354 e. The molecule has 138 valence electrons. The van der Waals surface area contributed by atoms with Gasteiger partial charge in [-0.1, -0.05) is 6.92 Å². The summed E-state index contributed by atoms with van der Waals surface area (Å²) in [5, 5.41) is 0. The third-order valence-electron chi connectivity index (χ3n) is 5.22. The van der Waals surface area contributed by atoms with Crippen LogP contribution in [0.2, 0.25) is 0 Å². The maximum atomic E-state index is 12.5. The van der Waals surface area contributed by atoms with Crippen LogP contribution >= 0.6 is 0 Å². The van der Waals surface area contributed by atoms with E-state index >= 15 is 0 Å². The number of hydrogen-bond acceptors (Lipinski definition) is 6. The first kappa shape index (κ1) is 17.9. The SMILES string of the molecule is CC1CCN(C(=O)CN2CCN(c3ccnc(N(C)C)n3)CC2)CC1. The molecule has 1 aromatic heterocycles. The molecule has 0 radical (unpaired) electrons. The zero-order valence-corrected chi connectivity index (χ0v) is 15.7. The van der Waals surface area contributed by atoms with E-state index in [1.807, 2.05) is 36.2 Å². The molecule has 2 aliphatic rings. The molecule has 25 heavy (non-hydrogen) atoms. The van der Waals surface area contributed by atoms with Gasteiger partial charge in [-0.2, -0.15) is 4.98 Å². The number of anilines is 2. The predicted octanol–water partition coefficient (Wildman–Crippen LogP) is 0.923. The highest BCUT2D eigenvalue weighted by molar-refractivity contribution is 5.78. The summed E-state index contributed by atoms with van der Waals surface area (Å²) in [4.78, 5) is 29.9. The van der Waals surface area contributed by atoms with Crippen LogP contribution in [-0.2, 0) is 4.79 Å². The fourth-order valence-electron chi connectivity index (χ4n) is 3.42. The number of piperazine rings is 1. The molecule has 0 aliphatic carbocycles. The Morgan fingerprint density at radius 1 is 1.16 bits per heavy atom. The molecule has 0 unspecified atom stereocenters. The van der Waals surface area contributed by atoms with Crippen molar-refractivity contribution in [1.82, 2.24) is 19.8 Å². The highest BCUT2D eigenvalue weighted by atomic mass is 16.2. The molecule has 0 atom stereocenters. The molecule has 7 heteroatoms. The highest BCUT2D eigenvalue weighted by Crippen LogP contribution is 2.18. The van der Waals surface area contributed by atoms with Crippen LogP contribution in [0, 0.1) is 5.92 Å². The van der Waals surface area contributed by atoms with Crippen LogP contribution in [-0.4, -0.2) is 85.6 Å². The number of amides is 1. The molecule has 7 nitrogen and oxygen atoms in total. The summed E-state index contributed by atoms with van der Waals surface area (Å²) in [6.45, 7) is 8.27. The van der Waals surface area contributed by atoms with Gasteiger partial charge in [-0.15, -0.1) is 0 Å². The van der Waals surface area contributed by atoms with E-state index in [4.69, 9.17) is 0 Å². The van der Waals surface area contributed by atoms with Crippen LogP contribution in [0.3, 0.4) is 0 Å². The Kier molecular flexibility index (Phi) is 5.73. The summed E-state index contributed by atoms with van der Waals surface area (Å²) in [7, 11) is 3.90. The standard InChI is InChI=1S/C18H30N6O/c1-15-5-8-24(9-6-15)17(25)14-22-10-12-23(13-11-22)16-4-7-19-18(20-16)21(2)3/h4,7,15H,5-6,8-14H2,1-3H3. The zero-order valence-electron chi connectivity index (χ0n) is 15.7. The number of carbonyl (C=O) groups is 1. The van der Waals surface area contributed by atoms with Gasteiger partial charge >= 0.3 is 0 Å². The molecule has 3 heterocycles. The molecular weight excluding hydrogens is 316 g/mol. The van der Waals surface area contributed by atoms with E-state index in [0.717, 1.165) is 69.8 Å². The van der Waals surface area contributed by atoms with Crippen LogP contribution < -0.4 is 9.80 Å². The zero-order chi connectivity index (χ0) is 17.8. The Hall–Kier alpha value is -1.89. The van der Waals surface area contributed by atoms with Crippen LogP contribution in [0.25, 0.3) is 0 Å². The Labute approximate surface area is 150 Å². The molecule has 1 amide bonds. The molecule has 3 rings (SSSR count). The van der Waals surface area contributed by atoms with Crippen LogP contribution in [0.5, 0.6) is 0 Å². The van der Waals surface area contributed by atoms with Crippen molar-refractivity contribution < 1.29 is 4.79 Å². The number of hydrogen-bond donors (Lipinski definition) is 0. The van der Waals surface area contributed by atoms with Crippen molar-refractivity contribution in [2.75, 3.05) is 69.7 Å². The second-order valence-corrected chi connectivity index (χ2v) is 7.44. The van der Waals surface area contributed by atoms with Crippen LogP contribution in [0.4, 0.5) is 11.8 Å². The molecule has 0 saturated carbocycles.